The summed E-state index contributed by atoms with van der Waals surface area (Å²) in [6, 6.07) is 0. The summed E-state index contributed by atoms with van der Waals surface area (Å²) in [7, 11) is 1.68. The molecule has 3 N–H and O–H groups in total. The van der Waals surface area contributed by atoms with E-state index in [0.29, 0.717) is 25.6 Å². The van der Waals surface area contributed by atoms with E-state index in [4.69, 9.17) is 4.74 Å². The molecule has 0 unspecified atom stereocenters. The summed E-state index contributed by atoms with van der Waals surface area (Å²) in [6.07, 6.45) is -0.247. The average Bonchev–Trinajstić information content (AvgIpc) is 2.55. The van der Waals surface area contributed by atoms with Gasteiger partial charge < -0.3 is 25.6 Å². The minimum Gasteiger partial charge on any atom is -0.444 e. The van der Waals surface area contributed by atoms with Crippen LogP contribution in [-0.2, 0) is 9.53 Å². The van der Waals surface area contributed by atoms with Crippen LogP contribution in [0.1, 0.15) is 41.5 Å². The van der Waals surface area contributed by atoms with Gasteiger partial charge in [-0.1, -0.05) is 0 Å². The van der Waals surface area contributed by atoms with Crippen LogP contribution in [0.15, 0.2) is 4.99 Å². The van der Waals surface area contributed by atoms with Gasteiger partial charge in [-0.05, 0) is 41.5 Å². The van der Waals surface area contributed by atoms with Crippen LogP contribution in [0.5, 0.6) is 0 Å². The summed E-state index contributed by atoms with van der Waals surface area (Å²) < 4.78 is 5.42. The number of amides is 2. The van der Waals surface area contributed by atoms with Crippen LogP contribution in [0, 0.1) is 0 Å². The van der Waals surface area contributed by atoms with Gasteiger partial charge in [-0.15, -0.1) is 0 Å². The standard InChI is InChI=1S/C19H38N6O3/c1-18(2,3)23-15(26)14-22-16(20-7)21-8-9-24-10-12-25(13-11-24)17(27)28-19(4,5)6/h8-14H2,1-7H3,(H,23,26)(H2,20,21,22). The predicted molar refractivity (Wildman–Crippen MR) is 112 cm³/mol. The number of aliphatic imine (C=N–C) groups is 1. The van der Waals surface area contributed by atoms with Crippen LogP contribution in [0.2, 0.25) is 0 Å². The highest BCUT2D eigenvalue weighted by Crippen LogP contribution is 2.11. The van der Waals surface area contributed by atoms with Gasteiger partial charge in [0.25, 0.3) is 0 Å². The molecule has 0 radical (unpaired) electrons. The Kier molecular flexibility index (Phi) is 9.00. The molecule has 2 amide bonds. The summed E-state index contributed by atoms with van der Waals surface area (Å²) in [5.74, 6) is 0.519. The Labute approximate surface area is 169 Å². The second-order valence-corrected chi connectivity index (χ2v) is 8.96. The summed E-state index contributed by atoms with van der Waals surface area (Å²) in [4.78, 5) is 32.1. The number of nitrogens with zero attached hydrogens (tertiary/aromatic N) is 3. The molecule has 28 heavy (non-hydrogen) atoms. The summed E-state index contributed by atoms with van der Waals surface area (Å²) in [5.41, 5.74) is -0.720. The number of piperazine rings is 1. The Morgan fingerprint density at radius 3 is 2.11 bits per heavy atom. The molecular formula is C19H38N6O3. The first-order chi connectivity index (χ1) is 12.9. The fourth-order valence-electron chi connectivity index (χ4n) is 2.66. The first-order valence-corrected chi connectivity index (χ1v) is 9.85. The van der Waals surface area contributed by atoms with Crippen molar-refractivity contribution >= 4 is 18.0 Å². The molecule has 0 saturated carbocycles. The van der Waals surface area contributed by atoms with Crippen molar-refractivity contribution in [2.45, 2.75) is 52.7 Å². The molecule has 9 nitrogen and oxygen atoms in total. The molecule has 9 heteroatoms. The zero-order chi connectivity index (χ0) is 21.4. The Morgan fingerprint density at radius 1 is 1.00 bits per heavy atom. The summed E-state index contributed by atoms with van der Waals surface area (Å²) in [5, 5.41) is 9.12. The highest BCUT2D eigenvalue weighted by Gasteiger charge is 2.25. The molecule has 0 bridgehead atoms. The van der Waals surface area contributed by atoms with Crippen molar-refractivity contribution in [3.05, 3.63) is 0 Å². The van der Waals surface area contributed by atoms with E-state index in [1.54, 1.807) is 11.9 Å². The molecule has 0 aromatic rings. The third kappa shape index (κ3) is 10.3. The lowest BCUT2D eigenvalue weighted by atomic mass is 10.1. The minimum atomic E-state index is -0.467. The molecule has 1 rings (SSSR count). The number of carbonyl (C=O) groups is 2. The van der Waals surface area contributed by atoms with Crippen LogP contribution in [0.4, 0.5) is 4.79 Å². The van der Waals surface area contributed by atoms with Crippen molar-refractivity contribution in [2.24, 2.45) is 4.99 Å². The van der Waals surface area contributed by atoms with Gasteiger partial charge in [-0.2, -0.15) is 0 Å². The fraction of sp³-hybridized carbons (Fsp3) is 0.842. The van der Waals surface area contributed by atoms with E-state index in [2.05, 4.69) is 25.8 Å². The van der Waals surface area contributed by atoms with Crippen molar-refractivity contribution in [3.8, 4) is 0 Å². The van der Waals surface area contributed by atoms with Crippen molar-refractivity contribution in [1.29, 1.82) is 0 Å². The molecule has 1 aliphatic rings. The van der Waals surface area contributed by atoms with E-state index in [1.807, 2.05) is 41.5 Å². The van der Waals surface area contributed by atoms with Gasteiger partial charge >= 0.3 is 6.09 Å². The van der Waals surface area contributed by atoms with Crippen LogP contribution in [0.3, 0.4) is 0 Å². The fourth-order valence-corrected chi connectivity index (χ4v) is 2.66. The quantitative estimate of drug-likeness (QED) is 0.464. The third-order valence-electron chi connectivity index (χ3n) is 3.90. The van der Waals surface area contributed by atoms with E-state index >= 15 is 0 Å². The Morgan fingerprint density at radius 2 is 1.61 bits per heavy atom. The molecule has 0 atom stereocenters. The largest absolute Gasteiger partial charge is 0.444 e. The maximum Gasteiger partial charge on any atom is 0.410 e. The summed E-state index contributed by atoms with van der Waals surface area (Å²) >= 11 is 0. The molecule has 162 valence electrons. The Balaban J connectivity index is 2.25. The molecular weight excluding hydrogens is 360 g/mol. The molecule has 1 aliphatic heterocycles. The van der Waals surface area contributed by atoms with Gasteiger partial charge in [0.05, 0.1) is 6.54 Å². The van der Waals surface area contributed by atoms with Gasteiger partial charge in [0.15, 0.2) is 5.96 Å². The van der Waals surface area contributed by atoms with E-state index in [-0.39, 0.29) is 24.1 Å². The first-order valence-electron chi connectivity index (χ1n) is 9.85. The van der Waals surface area contributed by atoms with Gasteiger partial charge in [-0.3, -0.25) is 14.7 Å². The van der Waals surface area contributed by atoms with Crippen molar-refractivity contribution in [2.75, 3.05) is 52.9 Å². The maximum absolute atomic E-state index is 12.1. The molecule has 1 saturated heterocycles. The Bertz CT molecular complexity index is 543. The SMILES string of the molecule is CN=C(NCCN1CCN(C(=O)OC(C)(C)C)CC1)NCC(=O)NC(C)(C)C. The average molecular weight is 399 g/mol. The van der Waals surface area contributed by atoms with Crippen LogP contribution in [0.25, 0.3) is 0 Å². The number of rotatable bonds is 5. The monoisotopic (exact) mass is 398 g/mol. The normalized spacial score (nSPS) is 16.5. The molecule has 0 aliphatic carbocycles. The lowest BCUT2D eigenvalue weighted by Crippen LogP contribution is -2.52. The number of nitrogens with one attached hydrogen (secondary N) is 3. The van der Waals surface area contributed by atoms with Gasteiger partial charge in [0, 0.05) is 51.9 Å². The molecule has 1 fully saturated rings. The van der Waals surface area contributed by atoms with Crippen LogP contribution < -0.4 is 16.0 Å². The molecule has 0 aromatic carbocycles. The van der Waals surface area contributed by atoms with Gasteiger partial charge in [0.1, 0.15) is 5.60 Å². The van der Waals surface area contributed by atoms with Crippen molar-refractivity contribution in [3.63, 3.8) is 0 Å². The van der Waals surface area contributed by atoms with E-state index in [0.717, 1.165) is 19.6 Å². The van der Waals surface area contributed by atoms with E-state index in [9.17, 15) is 9.59 Å². The zero-order valence-corrected chi connectivity index (χ0v) is 18.5. The number of hydrogen-bond acceptors (Lipinski definition) is 5. The van der Waals surface area contributed by atoms with Gasteiger partial charge in [0.2, 0.25) is 5.91 Å². The van der Waals surface area contributed by atoms with E-state index in [1.165, 1.54) is 0 Å². The number of guanidine groups is 1. The van der Waals surface area contributed by atoms with Crippen LogP contribution >= 0.6 is 0 Å². The Hall–Kier alpha value is -2.03. The molecule has 0 spiro atoms. The number of carbonyl (C=O) groups excluding carboxylic acids is 2. The molecule has 1 heterocycles. The third-order valence-corrected chi connectivity index (χ3v) is 3.90. The van der Waals surface area contributed by atoms with Crippen molar-refractivity contribution in [1.82, 2.24) is 25.8 Å². The first kappa shape index (κ1) is 24.0. The van der Waals surface area contributed by atoms with Crippen LogP contribution in [-0.4, -0.2) is 91.8 Å². The second-order valence-electron chi connectivity index (χ2n) is 8.96. The predicted octanol–water partition coefficient (Wildman–Crippen LogP) is 0.619. The second kappa shape index (κ2) is 10.5. The lowest BCUT2D eigenvalue weighted by Gasteiger charge is -2.35. The number of ether oxygens (including phenoxy) is 1. The lowest BCUT2D eigenvalue weighted by molar-refractivity contribution is -0.121. The zero-order valence-electron chi connectivity index (χ0n) is 18.5. The van der Waals surface area contributed by atoms with E-state index < -0.39 is 5.60 Å². The smallest absolute Gasteiger partial charge is 0.410 e. The highest BCUT2D eigenvalue weighted by atomic mass is 16.6. The summed E-state index contributed by atoms with van der Waals surface area (Å²) in [6.45, 7) is 16.1. The van der Waals surface area contributed by atoms with Gasteiger partial charge in [-0.25, -0.2) is 4.79 Å². The number of hydrogen-bond donors (Lipinski definition) is 3. The highest BCUT2D eigenvalue weighted by molar-refractivity contribution is 5.86. The van der Waals surface area contributed by atoms with Crippen molar-refractivity contribution < 1.29 is 14.3 Å². The minimum absolute atomic E-state index is 0.0753. The maximum atomic E-state index is 12.1. The topological polar surface area (TPSA) is 98.3 Å². The molecule has 0 aromatic heterocycles.